The van der Waals surface area contributed by atoms with Crippen molar-refractivity contribution in [3.63, 3.8) is 0 Å². The molecule has 25 heavy (non-hydrogen) atoms. The monoisotopic (exact) mass is 424 g/mol. The minimum atomic E-state index is -0.323. The number of ether oxygens (including phenoxy) is 1. The van der Waals surface area contributed by atoms with Crippen molar-refractivity contribution >= 4 is 50.7 Å². The first-order valence-corrected chi connectivity index (χ1v) is 8.92. The number of halogens is 2. The summed E-state index contributed by atoms with van der Waals surface area (Å²) in [4.78, 5) is 23.7. The van der Waals surface area contributed by atoms with Gasteiger partial charge >= 0.3 is 0 Å². The molecule has 0 bridgehead atoms. The average Bonchev–Trinajstić information content (AvgIpc) is 2.54. The first kappa shape index (κ1) is 19.3. The van der Waals surface area contributed by atoms with Crippen LogP contribution in [0.2, 0.25) is 5.02 Å². The smallest absolute Gasteiger partial charge is 0.262 e. The Morgan fingerprint density at radius 1 is 1.08 bits per heavy atom. The zero-order chi connectivity index (χ0) is 18.2. The van der Waals surface area contributed by atoms with Crippen LogP contribution in [0.15, 0.2) is 46.9 Å². The van der Waals surface area contributed by atoms with Crippen LogP contribution >= 0.6 is 27.5 Å². The number of amides is 2. The number of anilines is 2. The van der Waals surface area contributed by atoms with Crippen molar-refractivity contribution < 1.29 is 14.3 Å². The van der Waals surface area contributed by atoms with Gasteiger partial charge in [0, 0.05) is 22.3 Å². The van der Waals surface area contributed by atoms with Crippen LogP contribution in [0.3, 0.4) is 0 Å². The van der Waals surface area contributed by atoms with E-state index in [1.54, 1.807) is 42.5 Å². The Hall–Kier alpha value is -2.05. The van der Waals surface area contributed by atoms with Crippen molar-refractivity contribution in [1.29, 1.82) is 0 Å². The van der Waals surface area contributed by atoms with Crippen LogP contribution in [0.25, 0.3) is 0 Å². The Bertz CT molecular complexity index is 768. The minimum Gasteiger partial charge on any atom is -0.482 e. The van der Waals surface area contributed by atoms with Gasteiger partial charge in [-0.15, -0.1) is 0 Å². The van der Waals surface area contributed by atoms with Crippen molar-refractivity contribution in [2.75, 3.05) is 17.2 Å². The Morgan fingerprint density at radius 3 is 2.40 bits per heavy atom. The van der Waals surface area contributed by atoms with Crippen LogP contribution in [0.5, 0.6) is 5.75 Å². The number of carbonyl (C=O) groups is 2. The third kappa shape index (κ3) is 6.40. The fraction of sp³-hybridized carbons (Fsp3) is 0.222. The molecule has 2 aromatic carbocycles. The lowest BCUT2D eigenvalue weighted by atomic mass is 10.2. The highest BCUT2D eigenvalue weighted by molar-refractivity contribution is 9.10. The molecule has 0 unspecified atom stereocenters. The zero-order valence-corrected chi connectivity index (χ0v) is 16.0. The van der Waals surface area contributed by atoms with E-state index < -0.39 is 0 Å². The van der Waals surface area contributed by atoms with Gasteiger partial charge in [-0.1, -0.05) is 40.5 Å². The molecule has 5 nitrogen and oxygen atoms in total. The van der Waals surface area contributed by atoms with Crippen LogP contribution in [-0.2, 0) is 9.59 Å². The molecule has 0 aliphatic heterocycles. The van der Waals surface area contributed by atoms with Gasteiger partial charge in [0.1, 0.15) is 5.75 Å². The number of hydrogen-bond acceptors (Lipinski definition) is 3. The fourth-order valence-corrected chi connectivity index (χ4v) is 2.79. The Kier molecular flexibility index (Phi) is 7.28. The molecular formula is C18H18BrClN2O3. The van der Waals surface area contributed by atoms with E-state index in [1.807, 2.05) is 6.92 Å². The number of benzene rings is 2. The van der Waals surface area contributed by atoms with E-state index in [9.17, 15) is 9.59 Å². The number of carbonyl (C=O) groups excluding carboxylic acids is 2. The Labute approximate surface area is 159 Å². The summed E-state index contributed by atoms with van der Waals surface area (Å²) in [5.74, 6) is 0.0517. The highest BCUT2D eigenvalue weighted by atomic mass is 79.9. The van der Waals surface area contributed by atoms with E-state index in [-0.39, 0.29) is 18.4 Å². The molecule has 2 N–H and O–H groups in total. The van der Waals surface area contributed by atoms with Crippen molar-refractivity contribution in [1.82, 2.24) is 0 Å². The van der Waals surface area contributed by atoms with Gasteiger partial charge in [0.2, 0.25) is 5.91 Å². The molecule has 0 atom stereocenters. The van der Waals surface area contributed by atoms with Crippen LogP contribution < -0.4 is 15.4 Å². The molecule has 0 heterocycles. The lowest BCUT2D eigenvalue weighted by Crippen LogP contribution is -2.20. The number of rotatable bonds is 7. The predicted molar refractivity (Wildman–Crippen MR) is 103 cm³/mol. The van der Waals surface area contributed by atoms with Gasteiger partial charge in [-0.3, -0.25) is 9.59 Å². The molecule has 0 aliphatic rings. The summed E-state index contributed by atoms with van der Waals surface area (Å²) in [5, 5.41) is 5.92. The molecule has 0 fully saturated rings. The van der Waals surface area contributed by atoms with Crippen LogP contribution in [0.4, 0.5) is 11.4 Å². The normalized spacial score (nSPS) is 10.2. The van der Waals surface area contributed by atoms with E-state index in [0.717, 1.165) is 10.9 Å². The third-order valence-corrected chi connectivity index (χ3v) is 3.95. The SMILES string of the molecule is CCCC(=O)Nc1cccc(NC(=O)COc2ccc(Br)cc2Cl)c1. The largest absolute Gasteiger partial charge is 0.482 e. The molecular weight excluding hydrogens is 408 g/mol. The van der Waals surface area contributed by atoms with E-state index in [0.29, 0.717) is 28.6 Å². The van der Waals surface area contributed by atoms with Crippen LogP contribution in [-0.4, -0.2) is 18.4 Å². The predicted octanol–water partition coefficient (Wildman–Crippen LogP) is 4.86. The quantitative estimate of drug-likeness (QED) is 0.666. The molecule has 2 aromatic rings. The molecule has 2 amide bonds. The molecule has 0 radical (unpaired) electrons. The van der Waals surface area contributed by atoms with E-state index in [2.05, 4.69) is 26.6 Å². The molecule has 0 aromatic heterocycles. The summed E-state index contributed by atoms with van der Waals surface area (Å²) in [7, 11) is 0. The van der Waals surface area contributed by atoms with Gasteiger partial charge in [-0.2, -0.15) is 0 Å². The van der Waals surface area contributed by atoms with Crippen molar-refractivity contribution in [3.8, 4) is 5.75 Å². The summed E-state index contributed by atoms with van der Waals surface area (Å²) in [6, 6.07) is 12.1. The van der Waals surface area contributed by atoms with Crippen LogP contribution in [0, 0.1) is 0 Å². The zero-order valence-electron chi connectivity index (χ0n) is 13.6. The van der Waals surface area contributed by atoms with E-state index >= 15 is 0 Å². The third-order valence-electron chi connectivity index (χ3n) is 3.16. The van der Waals surface area contributed by atoms with E-state index in [4.69, 9.17) is 16.3 Å². The second-order valence-electron chi connectivity index (χ2n) is 5.29. The highest BCUT2D eigenvalue weighted by Crippen LogP contribution is 2.27. The average molecular weight is 426 g/mol. The Morgan fingerprint density at radius 2 is 1.76 bits per heavy atom. The molecule has 0 saturated heterocycles. The van der Waals surface area contributed by atoms with Gasteiger partial charge < -0.3 is 15.4 Å². The number of nitrogens with one attached hydrogen (secondary N) is 2. The number of hydrogen-bond donors (Lipinski definition) is 2. The lowest BCUT2D eigenvalue weighted by molar-refractivity contribution is -0.118. The molecule has 0 aliphatic carbocycles. The van der Waals surface area contributed by atoms with Crippen molar-refractivity contribution in [2.24, 2.45) is 0 Å². The Balaban J connectivity index is 1.90. The van der Waals surface area contributed by atoms with E-state index in [1.165, 1.54) is 0 Å². The molecule has 2 rings (SSSR count). The minimum absolute atomic E-state index is 0.0563. The lowest BCUT2D eigenvalue weighted by Gasteiger charge is -2.10. The van der Waals surface area contributed by atoms with Crippen molar-refractivity contribution in [3.05, 3.63) is 52.0 Å². The first-order chi connectivity index (χ1) is 12.0. The van der Waals surface area contributed by atoms with Gasteiger partial charge in [0.25, 0.3) is 5.91 Å². The first-order valence-electron chi connectivity index (χ1n) is 7.75. The summed E-state index contributed by atoms with van der Waals surface area (Å²) < 4.78 is 6.25. The summed E-state index contributed by atoms with van der Waals surface area (Å²) >= 11 is 9.35. The van der Waals surface area contributed by atoms with Gasteiger partial charge in [-0.05, 0) is 42.8 Å². The molecule has 7 heteroatoms. The van der Waals surface area contributed by atoms with Crippen molar-refractivity contribution in [2.45, 2.75) is 19.8 Å². The van der Waals surface area contributed by atoms with Gasteiger partial charge in [0.15, 0.2) is 6.61 Å². The summed E-state index contributed by atoms with van der Waals surface area (Å²) in [6.07, 6.45) is 1.23. The maximum atomic E-state index is 12.0. The second kappa shape index (κ2) is 9.44. The van der Waals surface area contributed by atoms with Gasteiger partial charge in [0.05, 0.1) is 5.02 Å². The molecule has 0 saturated carbocycles. The molecule has 132 valence electrons. The standard InChI is InChI=1S/C18H18BrClN2O3/c1-2-4-17(23)21-13-5-3-6-14(10-13)22-18(24)11-25-16-8-7-12(19)9-15(16)20/h3,5-10H,2,4,11H2,1H3,(H,21,23)(H,22,24). The summed E-state index contributed by atoms with van der Waals surface area (Å²) in [6.45, 7) is 1.77. The maximum absolute atomic E-state index is 12.0. The summed E-state index contributed by atoms with van der Waals surface area (Å²) in [5.41, 5.74) is 1.21. The molecule has 0 spiro atoms. The van der Waals surface area contributed by atoms with Crippen LogP contribution in [0.1, 0.15) is 19.8 Å². The highest BCUT2D eigenvalue weighted by Gasteiger charge is 2.08. The fourth-order valence-electron chi connectivity index (χ4n) is 2.06. The maximum Gasteiger partial charge on any atom is 0.262 e. The van der Waals surface area contributed by atoms with Gasteiger partial charge in [-0.25, -0.2) is 0 Å². The topological polar surface area (TPSA) is 67.4 Å². The second-order valence-corrected chi connectivity index (χ2v) is 6.61.